The molecule has 4 nitrogen and oxygen atoms in total. The molecule has 0 atom stereocenters. The Bertz CT molecular complexity index is 143. The maximum Gasteiger partial charge on any atom is 0.310 e. The van der Waals surface area contributed by atoms with Crippen LogP contribution in [0.2, 0.25) is 0 Å². The molecule has 4 N–H and O–H groups in total. The van der Waals surface area contributed by atoms with Crippen molar-refractivity contribution in [3.05, 3.63) is 0 Å². The van der Waals surface area contributed by atoms with Crippen LogP contribution in [0.1, 0.15) is 19.3 Å². The van der Waals surface area contributed by atoms with E-state index in [2.05, 4.69) is 5.43 Å². The molecule has 0 radical (unpaired) electrons. The van der Waals surface area contributed by atoms with Crippen LogP contribution in [0.5, 0.6) is 0 Å². The molecule has 0 unspecified atom stereocenters. The number of nitrogens with two attached hydrogens (primary N) is 1. The van der Waals surface area contributed by atoms with Gasteiger partial charge in [0.25, 0.3) is 0 Å². The highest BCUT2D eigenvalue weighted by atomic mass is 16.4. The molecular formula is C6H12N2O2. The van der Waals surface area contributed by atoms with Crippen LogP contribution >= 0.6 is 0 Å². The summed E-state index contributed by atoms with van der Waals surface area (Å²) in [5, 5.41) is 8.72. The minimum absolute atomic E-state index is 0.391. The van der Waals surface area contributed by atoms with Crippen LogP contribution in [0.25, 0.3) is 0 Å². The first-order valence-corrected chi connectivity index (χ1v) is 3.38. The fourth-order valence-corrected chi connectivity index (χ4v) is 1.27. The predicted molar refractivity (Wildman–Crippen MR) is 36.1 cm³/mol. The fraction of sp³-hybridized carbons (Fsp3) is 0.833. The standard InChI is InChI=1S/C6H12N2O2/c7-8-4-6(5(9)10)2-1-3-6/h8H,1-4,7H2,(H,9,10). The number of rotatable bonds is 3. The van der Waals surface area contributed by atoms with Crippen LogP contribution in [-0.2, 0) is 4.79 Å². The second kappa shape index (κ2) is 2.56. The molecule has 0 aromatic rings. The zero-order valence-corrected chi connectivity index (χ0v) is 5.76. The van der Waals surface area contributed by atoms with Gasteiger partial charge in [-0.05, 0) is 12.8 Å². The molecule has 0 aromatic heterocycles. The average Bonchev–Trinajstić information content (AvgIpc) is 1.77. The topological polar surface area (TPSA) is 75.3 Å². The average molecular weight is 144 g/mol. The van der Waals surface area contributed by atoms with Crippen LogP contribution in [0.15, 0.2) is 0 Å². The first-order chi connectivity index (χ1) is 4.71. The van der Waals surface area contributed by atoms with Gasteiger partial charge >= 0.3 is 5.97 Å². The highest BCUT2D eigenvalue weighted by molar-refractivity contribution is 5.76. The minimum atomic E-state index is -0.725. The summed E-state index contributed by atoms with van der Waals surface area (Å²) in [5.74, 6) is 4.32. The Morgan fingerprint density at radius 3 is 2.40 bits per heavy atom. The number of nitrogens with one attached hydrogen (secondary N) is 1. The smallest absolute Gasteiger partial charge is 0.310 e. The Balaban J connectivity index is 2.50. The summed E-state index contributed by atoms with van der Waals surface area (Å²) in [6.45, 7) is 0.391. The molecule has 0 aromatic carbocycles. The van der Waals surface area contributed by atoms with E-state index in [0.717, 1.165) is 19.3 Å². The minimum Gasteiger partial charge on any atom is -0.481 e. The molecular weight excluding hydrogens is 132 g/mol. The summed E-state index contributed by atoms with van der Waals surface area (Å²) in [5.41, 5.74) is 1.86. The Labute approximate surface area is 59.4 Å². The Hall–Kier alpha value is -0.610. The van der Waals surface area contributed by atoms with Crippen LogP contribution in [-0.4, -0.2) is 17.6 Å². The van der Waals surface area contributed by atoms with Crippen LogP contribution < -0.4 is 11.3 Å². The van der Waals surface area contributed by atoms with E-state index in [1.54, 1.807) is 0 Å². The molecule has 0 amide bonds. The van der Waals surface area contributed by atoms with E-state index in [1.807, 2.05) is 0 Å². The molecule has 10 heavy (non-hydrogen) atoms. The zero-order chi connectivity index (χ0) is 7.61. The zero-order valence-electron chi connectivity index (χ0n) is 5.76. The maximum absolute atomic E-state index is 10.6. The van der Waals surface area contributed by atoms with Crippen LogP contribution in [0, 0.1) is 5.41 Å². The Morgan fingerprint density at radius 1 is 1.70 bits per heavy atom. The molecule has 58 valence electrons. The monoisotopic (exact) mass is 144 g/mol. The molecule has 1 aliphatic carbocycles. The molecule has 1 fully saturated rings. The Morgan fingerprint density at radius 2 is 2.30 bits per heavy atom. The normalized spacial score (nSPS) is 21.7. The number of hydrogen-bond acceptors (Lipinski definition) is 3. The predicted octanol–water partition coefficient (Wildman–Crippen LogP) is -0.295. The van der Waals surface area contributed by atoms with Crippen molar-refractivity contribution in [3.63, 3.8) is 0 Å². The molecule has 1 aliphatic rings. The summed E-state index contributed by atoms with van der Waals surface area (Å²) >= 11 is 0. The number of carboxylic acid groups (broad SMARTS) is 1. The molecule has 0 aliphatic heterocycles. The van der Waals surface area contributed by atoms with Crippen molar-refractivity contribution in [1.29, 1.82) is 0 Å². The number of aliphatic carboxylic acids is 1. The van der Waals surface area contributed by atoms with Crippen molar-refractivity contribution >= 4 is 5.97 Å². The van der Waals surface area contributed by atoms with Gasteiger partial charge in [0.2, 0.25) is 0 Å². The summed E-state index contributed by atoms with van der Waals surface area (Å²) in [7, 11) is 0. The maximum atomic E-state index is 10.6. The lowest BCUT2D eigenvalue weighted by atomic mass is 9.69. The second-order valence-corrected chi connectivity index (χ2v) is 2.82. The van der Waals surface area contributed by atoms with E-state index >= 15 is 0 Å². The summed E-state index contributed by atoms with van der Waals surface area (Å²) in [6.07, 6.45) is 2.52. The van der Waals surface area contributed by atoms with Crippen LogP contribution in [0.3, 0.4) is 0 Å². The van der Waals surface area contributed by atoms with E-state index in [0.29, 0.717) is 6.54 Å². The molecule has 0 spiro atoms. The van der Waals surface area contributed by atoms with Gasteiger partial charge in [0.05, 0.1) is 5.41 Å². The SMILES string of the molecule is NNCC1(C(=O)O)CCC1. The van der Waals surface area contributed by atoms with Crippen molar-refractivity contribution in [1.82, 2.24) is 5.43 Å². The third kappa shape index (κ3) is 0.998. The first kappa shape index (κ1) is 7.50. The van der Waals surface area contributed by atoms with Crippen molar-refractivity contribution in [2.75, 3.05) is 6.54 Å². The van der Waals surface area contributed by atoms with Crippen molar-refractivity contribution in [3.8, 4) is 0 Å². The van der Waals surface area contributed by atoms with Gasteiger partial charge in [-0.2, -0.15) is 0 Å². The fourth-order valence-electron chi connectivity index (χ4n) is 1.27. The van der Waals surface area contributed by atoms with E-state index in [4.69, 9.17) is 10.9 Å². The third-order valence-corrected chi connectivity index (χ3v) is 2.20. The lowest BCUT2D eigenvalue weighted by Gasteiger charge is -2.37. The quantitative estimate of drug-likeness (QED) is 0.375. The molecule has 0 heterocycles. The lowest BCUT2D eigenvalue weighted by Crippen LogP contribution is -2.47. The van der Waals surface area contributed by atoms with Crippen molar-refractivity contribution in [2.45, 2.75) is 19.3 Å². The van der Waals surface area contributed by atoms with E-state index in [-0.39, 0.29) is 0 Å². The summed E-state index contributed by atoms with van der Waals surface area (Å²) in [6, 6.07) is 0. The van der Waals surface area contributed by atoms with Gasteiger partial charge < -0.3 is 5.11 Å². The van der Waals surface area contributed by atoms with Gasteiger partial charge in [-0.1, -0.05) is 6.42 Å². The number of hydrazine groups is 1. The highest BCUT2D eigenvalue weighted by Gasteiger charge is 2.43. The number of carbonyl (C=O) groups is 1. The molecule has 0 saturated heterocycles. The number of hydrogen-bond donors (Lipinski definition) is 3. The molecule has 0 bridgehead atoms. The number of carboxylic acids is 1. The second-order valence-electron chi connectivity index (χ2n) is 2.82. The van der Waals surface area contributed by atoms with Crippen molar-refractivity contribution in [2.24, 2.45) is 11.3 Å². The molecule has 1 rings (SSSR count). The van der Waals surface area contributed by atoms with E-state index in [9.17, 15) is 4.79 Å². The van der Waals surface area contributed by atoms with E-state index < -0.39 is 11.4 Å². The van der Waals surface area contributed by atoms with Gasteiger partial charge in [-0.3, -0.25) is 16.1 Å². The van der Waals surface area contributed by atoms with Gasteiger partial charge in [-0.25, -0.2) is 0 Å². The summed E-state index contributed by atoms with van der Waals surface area (Å²) in [4.78, 5) is 10.6. The molecule has 1 saturated carbocycles. The lowest BCUT2D eigenvalue weighted by molar-refractivity contribution is -0.154. The van der Waals surface area contributed by atoms with Gasteiger partial charge in [0.15, 0.2) is 0 Å². The molecule has 4 heteroatoms. The van der Waals surface area contributed by atoms with E-state index in [1.165, 1.54) is 0 Å². The highest BCUT2D eigenvalue weighted by Crippen LogP contribution is 2.40. The Kier molecular flexibility index (Phi) is 1.92. The first-order valence-electron chi connectivity index (χ1n) is 3.38. The largest absolute Gasteiger partial charge is 0.481 e. The van der Waals surface area contributed by atoms with Gasteiger partial charge in [-0.15, -0.1) is 0 Å². The summed E-state index contributed by atoms with van der Waals surface area (Å²) < 4.78 is 0. The third-order valence-electron chi connectivity index (χ3n) is 2.20. The van der Waals surface area contributed by atoms with Gasteiger partial charge in [0, 0.05) is 6.54 Å². The van der Waals surface area contributed by atoms with Crippen LogP contribution in [0.4, 0.5) is 0 Å². The van der Waals surface area contributed by atoms with Gasteiger partial charge in [0.1, 0.15) is 0 Å². The van der Waals surface area contributed by atoms with Crippen molar-refractivity contribution < 1.29 is 9.90 Å².